The minimum absolute atomic E-state index is 0.0310. The van der Waals surface area contributed by atoms with E-state index >= 15 is 0 Å². The van der Waals surface area contributed by atoms with Gasteiger partial charge in [-0.1, -0.05) is 35.5 Å². The molecule has 0 heterocycles. The van der Waals surface area contributed by atoms with Gasteiger partial charge in [0.1, 0.15) is 11.3 Å². The summed E-state index contributed by atoms with van der Waals surface area (Å²) in [5.41, 5.74) is 1.38. The number of esters is 1. The number of carbonyl (C=O) groups excluding carboxylic acids is 1. The van der Waals surface area contributed by atoms with Crippen LogP contribution in [0.4, 0.5) is 0 Å². The Morgan fingerprint density at radius 2 is 1.90 bits per heavy atom. The molecule has 2 rings (SSSR count). The van der Waals surface area contributed by atoms with Gasteiger partial charge >= 0.3 is 5.97 Å². The van der Waals surface area contributed by atoms with Gasteiger partial charge in [-0.3, -0.25) is 0 Å². The lowest BCUT2D eigenvalue weighted by atomic mass is 10.2. The molecule has 0 spiro atoms. The molecule has 0 amide bonds. The topological polar surface area (TPSA) is 46.5 Å². The third-order valence-corrected chi connectivity index (χ3v) is 3.80. The summed E-state index contributed by atoms with van der Waals surface area (Å²) < 4.78 is 4.92. The minimum atomic E-state index is -0.503. The van der Waals surface area contributed by atoms with Crippen LogP contribution in [-0.4, -0.2) is 17.7 Å². The molecule has 0 aliphatic carbocycles. The molecular formula is C16H16O3S. The molecule has 0 fully saturated rings. The van der Waals surface area contributed by atoms with Crippen molar-refractivity contribution in [1.29, 1.82) is 0 Å². The standard InChI is InChI=1S/C16H16O3S/c1-3-19-16(18)13-5-4-6-14(15(13)17)20-12-9-7-11(2)8-10-12/h4-10,17H,3H2,1-2H3. The van der Waals surface area contributed by atoms with Crippen molar-refractivity contribution in [1.82, 2.24) is 0 Å². The number of phenolic OH excluding ortho intramolecular Hbond substituents is 1. The zero-order chi connectivity index (χ0) is 14.5. The zero-order valence-corrected chi connectivity index (χ0v) is 12.2. The summed E-state index contributed by atoms with van der Waals surface area (Å²) in [5.74, 6) is -0.534. The van der Waals surface area contributed by atoms with Gasteiger partial charge in [0.15, 0.2) is 0 Å². The van der Waals surface area contributed by atoms with E-state index in [4.69, 9.17) is 4.74 Å². The Kier molecular flexibility index (Phi) is 4.69. The van der Waals surface area contributed by atoms with Crippen LogP contribution in [0.25, 0.3) is 0 Å². The molecule has 2 aromatic rings. The predicted octanol–water partition coefficient (Wildman–Crippen LogP) is 4.03. The molecule has 104 valence electrons. The Morgan fingerprint density at radius 1 is 1.20 bits per heavy atom. The van der Waals surface area contributed by atoms with E-state index in [0.29, 0.717) is 4.90 Å². The monoisotopic (exact) mass is 288 g/mol. The van der Waals surface area contributed by atoms with E-state index in [1.807, 2.05) is 31.2 Å². The molecular weight excluding hydrogens is 272 g/mol. The minimum Gasteiger partial charge on any atom is -0.506 e. The van der Waals surface area contributed by atoms with Crippen molar-refractivity contribution in [3.05, 3.63) is 53.6 Å². The number of aromatic hydroxyl groups is 1. The van der Waals surface area contributed by atoms with Crippen LogP contribution in [0.3, 0.4) is 0 Å². The average Bonchev–Trinajstić information content (AvgIpc) is 2.44. The quantitative estimate of drug-likeness (QED) is 0.863. The van der Waals surface area contributed by atoms with Gasteiger partial charge in [-0.15, -0.1) is 0 Å². The summed E-state index contributed by atoms with van der Waals surface area (Å²) >= 11 is 1.41. The number of phenols is 1. The molecule has 0 atom stereocenters. The number of para-hydroxylation sites is 1. The normalized spacial score (nSPS) is 10.3. The Labute approximate surface area is 122 Å². The number of ether oxygens (including phenoxy) is 1. The summed E-state index contributed by atoms with van der Waals surface area (Å²) in [6, 6.07) is 13.1. The third-order valence-electron chi connectivity index (χ3n) is 2.74. The van der Waals surface area contributed by atoms with Gasteiger partial charge in [0.05, 0.1) is 11.5 Å². The van der Waals surface area contributed by atoms with Gasteiger partial charge < -0.3 is 9.84 Å². The van der Waals surface area contributed by atoms with Crippen LogP contribution < -0.4 is 0 Å². The van der Waals surface area contributed by atoms with E-state index in [-0.39, 0.29) is 17.9 Å². The van der Waals surface area contributed by atoms with Crippen molar-refractivity contribution in [3.63, 3.8) is 0 Å². The highest BCUT2D eigenvalue weighted by atomic mass is 32.2. The van der Waals surface area contributed by atoms with Crippen molar-refractivity contribution in [2.45, 2.75) is 23.6 Å². The lowest BCUT2D eigenvalue weighted by Crippen LogP contribution is -2.05. The predicted molar refractivity (Wildman–Crippen MR) is 79.4 cm³/mol. The fraction of sp³-hybridized carbons (Fsp3) is 0.188. The maximum Gasteiger partial charge on any atom is 0.341 e. The van der Waals surface area contributed by atoms with Crippen LogP contribution in [0.2, 0.25) is 0 Å². The van der Waals surface area contributed by atoms with E-state index in [9.17, 15) is 9.90 Å². The summed E-state index contributed by atoms with van der Waals surface area (Å²) in [4.78, 5) is 13.4. The van der Waals surface area contributed by atoms with Crippen molar-refractivity contribution < 1.29 is 14.6 Å². The van der Waals surface area contributed by atoms with Crippen LogP contribution in [0.1, 0.15) is 22.8 Å². The van der Waals surface area contributed by atoms with Crippen LogP contribution in [0, 0.1) is 6.92 Å². The maximum absolute atomic E-state index is 11.7. The molecule has 0 bridgehead atoms. The van der Waals surface area contributed by atoms with E-state index < -0.39 is 5.97 Å². The summed E-state index contributed by atoms with van der Waals surface area (Å²) in [7, 11) is 0. The summed E-state index contributed by atoms with van der Waals surface area (Å²) in [5, 5.41) is 10.2. The van der Waals surface area contributed by atoms with Gasteiger partial charge in [0, 0.05) is 4.90 Å². The smallest absolute Gasteiger partial charge is 0.341 e. The number of rotatable bonds is 4. The van der Waals surface area contributed by atoms with Crippen LogP contribution in [-0.2, 0) is 4.74 Å². The second-order valence-corrected chi connectivity index (χ2v) is 5.40. The molecule has 2 aromatic carbocycles. The third kappa shape index (κ3) is 3.33. The number of hydrogen-bond acceptors (Lipinski definition) is 4. The molecule has 0 aliphatic heterocycles. The lowest BCUT2D eigenvalue weighted by molar-refractivity contribution is 0.0522. The molecule has 4 heteroatoms. The zero-order valence-electron chi connectivity index (χ0n) is 11.4. The number of carbonyl (C=O) groups is 1. The largest absolute Gasteiger partial charge is 0.506 e. The van der Waals surface area contributed by atoms with Crippen LogP contribution in [0.15, 0.2) is 52.3 Å². The van der Waals surface area contributed by atoms with Crippen LogP contribution in [0.5, 0.6) is 5.75 Å². The number of aryl methyl sites for hydroxylation is 1. The first-order valence-electron chi connectivity index (χ1n) is 6.35. The highest BCUT2D eigenvalue weighted by Crippen LogP contribution is 2.36. The van der Waals surface area contributed by atoms with Gasteiger partial charge in [-0.25, -0.2) is 4.79 Å². The van der Waals surface area contributed by atoms with Gasteiger partial charge in [0.2, 0.25) is 0 Å². The second kappa shape index (κ2) is 6.48. The number of hydrogen-bond donors (Lipinski definition) is 1. The van der Waals surface area contributed by atoms with Crippen molar-refractivity contribution in [2.24, 2.45) is 0 Å². The first-order valence-corrected chi connectivity index (χ1v) is 7.17. The molecule has 20 heavy (non-hydrogen) atoms. The molecule has 0 unspecified atom stereocenters. The highest BCUT2D eigenvalue weighted by Gasteiger charge is 2.15. The Hall–Kier alpha value is -1.94. The van der Waals surface area contributed by atoms with Crippen molar-refractivity contribution >= 4 is 17.7 Å². The molecule has 0 saturated heterocycles. The maximum atomic E-state index is 11.7. The van der Waals surface area contributed by atoms with Gasteiger partial charge in [-0.2, -0.15) is 0 Å². The summed E-state index contributed by atoms with van der Waals surface area (Å²) in [6.07, 6.45) is 0. The summed E-state index contributed by atoms with van der Waals surface area (Å²) in [6.45, 7) is 4.04. The molecule has 0 aliphatic rings. The van der Waals surface area contributed by atoms with Crippen molar-refractivity contribution in [3.8, 4) is 5.75 Å². The molecule has 1 N–H and O–H groups in total. The fourth-order valence-electron chi connectivity index (χ4n) is 1.71. The number of benzene rings is 2. The second-order valence-electron chi connectivity index (χ2n) is 4.29. The van der Waals surface area contributed by atoms with E-state index in [1.165, 1.54) is 17.3 Å². The lowest BCUT2D eigenvalue weighted by Gasteiger charge is -2.09. The highest BCUT2D eigenvalue weighted by molar-refractivity contribution is 7.99. The van der Waals surface area contributed by atoms with Gasteiger partial charge in [-0.05, 0) is 38.1 Å². The Morgan fingerprint density at radius 3 is 2.55 bits per heavy atom. The first-order chi connectivity index (χ1) is 9.61. The van der Waals surface area contributed by atoms with Crippen LogP contribution >= 0.6 is 11.8 Å². The van der Waals surface area contributed by atoms with E-state index in [0.717, 1.165) is 4.90 Å². The Bertz CT molecular complexity index is 606. The Balaban J connectivity index is 2.26. The fourth-order valence-corrected chi connectivity index (χ4v) is 2.59. The van der Waals surface area contributed by atoms with E-state index in [2.05, 4.69) is 0 Å². The average molecular weight is 288 g/mol. The molecule has 0 radical (unpaired) electrons. The molecule has 0 saturated carbocycles. The first kappa shape index (κ1) is 14.5. The molecule has 3 nitrogen and oxygen atoms in total. The van der Waals surface area contributed by atoms with Gasteiger partial charge in [0.25, 0.3) is 0 Å². The van der Waals surface area contributed by atoms with E-state index in [1.54, 1.807) is 25.1 Å². The molecule has 0 aromatic heterocycles. The van der Waals surface area contributed by atoms with Crippen molar-refractivity contribution in [2.75, 3.05) is 6.61 Å². The SMILES string of the molecule is CCOC(=O)c1cccc(Sc2ccc(C)cc2)c1O.